The summed E-state index contributed by atoms with van der Waals surface area (Å²) in [4.78, 5) is 10.7. The van der Waals surface area contributed by atoms with Crippen molar-refractivity contribution in [1.82, 2.24) is 0 Å². The molecule has 3 unspecified atom stereocenters. The van der Waals surface area contributed by atoms with Crippen LogP contribution in [0.5, 0.6) is 5.75 Å². The van der Waals surface area contributed by atoms with Gasteiger partial charge in [-0.2, -0.15) is 0 Å². The molecule has 8 heteroatoms. The van der Waals surface area contributed by atoms with Crippen molar-refractivity contribution in [2.24, 2.45) is 11.1 Å². The maximum atomic E-state index is 11.2. The summed E-state index contributed by atoms with van der Waals surface area (Å²) in [6.45, 7) is 1.48. The number of nitrogens with zero attached hydrogens (tertiary/aromatic N) is 1. The van der Waals surface area contributed by atoms with Gasteiger partial charge in [0.15, 0.2) is 6.61 Å². The molecule has 2 aliphatic carbocycles. The third kappa shape index (κ3) is 2.96. The number of hydrogen-bond donors (Lipinski definition) is 3. The van der Waals surface area contributed by atoms with Crippen molar-refractivity contribution >= 4 is 34.9 Å². The first-order chi connectivity index (χ1) is 11.8. The molecule has 0 spiro atoms. The number of carbonyl (C=O) groups is 1. The largest absolute Gasteiger partial charge is 0.480 e. The van der Waals surface area contributed by atoms with E-state index in [0.29, 0.717) is 25.0 Å². The Bertz CT molecular complexity index is 751. The van der Waals surface area contributed by atoms with Gasteiger partial charge in [-0.1, -0.05) is 35.3 Å². The van der Waals surface area contributed by atoms with Gasteiger partial charge in [0.25, 0.3) is 0 Å². The zero-order chi connectivity index (χ0) is 18.4. The first-order valence-corrected chi connectivity index (χ1v) is 8.84. The highest BCUT2D eigenvalue weighted by Crippen LogP contribution is 2.54. The fourth-order valence-electron chi connectivity index (χ4n) is 4.23. The third-order valence-electron chi connectivity index (χ3n) is 5.18. The molecule has 3 N–H and O–H groups in total. The van der Waals surface area contributed by atoms with E-state index in [2.05, 4.69) is 5.16 Å². The highest BCUT2D eigenvalue weighted by molar-refractivity contribution is 6.43. The molecule has 2 aliphatic rings. The fourth-order valence-corrected chi connectivity index (χ4v) is 4.78. The number of oxime groups is 1. The molecule has 1 fully saturated rings. The summed E-state index contributed by atoms with van der Waals surface area (Å²) in [7, 11) is 0. The number of ether oxygens (including phenoxy) is 1. The molecule has 0 heterocycles. The van der Waals surface area contributed by atoms with E-state index in [1.807, 2.05) is 6.92 Å². The van der Waals surface area contributed by atoms with Crippen molar-refractivity contribution in [3.8, 4) is 5.75 Å². The van der Waals surface area contributed by atoms with Gasteiger partial charge in [-0.15, -0.1) is 0 Å². The molecule has 25 heavy (non-hydrogen) atoms. The summed E-state index contributed by atoms with van der Waals surface area (Å²) in [5, 5.41) is 33.0. The van der Waals surface area contributed by atoms with Crippen LogP contribution in [0.4, 0.5) is 0 Å². The van der Waals surface area contributed by atoms with E-state index in [-0.39, 0.29) is 27.6 Å². The number of rotatable bonds is 4. The summed E-state index contributed by atoms with van der Waals surface area (Å²) in [6, 6.07) is 1.69. The number of hydrogen-bond acceptors (Lipinski definition) is 5. The number of halogens is 2. The summed E-state index contributed by atoms with van der Waals surface area (Å²) >= 11 is 12.8. The van der Waals surface area contributed by atoms with Crippen LogP contribution in [0.25, 0.3) is 0 Å². The fraction of sp³-hybridized carbons (Fsp3) is 0.529. The van der Waals surface area contributed by atoms with Crippen molar-refractivity contribution in [3.05, 3.63) is 27.2 Å². The number of benzene rings is 1. The summed E-state index contributed by atoms with van der Waals surface area (Å²) in [5.41, 5.74) is 0.711. The van der Waals surface area contributed by atoms with Crippen LogP contribution in [0.2, 0.25) is 10.0 Å². The molecule has 0 saturated heterocycles. The standard InChI is InChI=1S/C17H19Cl2NO5/c1-8-5-9-6-10(25-7-12(21)22)15(18)16(19)13(9)14(8)17(23)4-2-3-11(17)20-24/h6,8,14,23-24H,2-5,7H2,1H3,(H,21,22). The Balaban J connectivity index is 2.06. The van der Waals surface area contributed by atoms with Crippen molar-refractivity contribution in [2.75, 3.05) is 6.61 Å². The molecule has 136 valence electrons. The second-order valence-electron chi connectivity index (χ2n) is 6.74. The molecule has 1 aromatic rings. The summed E-state index contributed by atoms with van der Waals surface area (Å²) < 4.78 is 5.23. The first-order valence-electron chi connectivity index (χ1n) is 8.08. The van der Waals surface area contributed by atoms with E-state index in [1.165, 1.54) is 0 Å². The Hall–Kier alpha value is -1.50. The number of fused-ring (bicyclic) bond motifs is 1. The van der Waals surface area contributed by atoms with E-state index in [4.69, 9.17) is 33.0 Å². The van der Waals surface area contributed by atoms with Crippen LogP contribution in [0.3, 0.4) is 0 Å². The van der Waals surface area contributed by atoms with E-state index >= 15 is 0 Å². The predicted molar refractivity (Wildman–Crippen MR) is 93.2 cm³/mol. The molecule has 0 bridgehead atoms. The SMILES string of the molecule is CC1Cc2cc(OCC(=O)O)c(Cl)c(Cl)c2C1C1(O)CCCC1=NO. The predicted octanol–water partition coefficient (Wildman–Crippen LogP) is 3.48. The average Bonchev–Trinajstić information content (AvgIpc) is 3.09. The topological polar surface area (TPSA) is 99.4 Å². The highest BCUT2D eigenvalue weighted by atomic mass is 35.5. The lowest BCUT2D eigenvalue weighted by Crippen LogP contribution is -2.42. The highest BCUT2D eigenvalue weighted by Gasteiger charge is 2.52. The van der Waals surface area contributed by atoms with Crippen LogP contribution in [-0.4, -0.2) is 39.3 Å². The molecule has 3 atom stereocenters. The van der Waals surface area contributed by atoms with Gasteiger partial charge in [-0.25, -0.2) is 4.79 Å². The Labute approximate surface area is 155 Å². The van der Waals surface area contributed by atoms with Crippen molar-refractivity contribution < 1.29 is 25.0 Å². The van der Waals surface area contributed by atoms with Gasteiger partial charge >= 0.3 is 5.97 Å². The molecule has 0 aromatic heterocycles. The Morgan fingerprint density at radius 1 is 1.44 bits per heavy atom. The minimum atomic E-state index is -1.25. The Morgan fingerprint density at radius 2 is 2.16 bits per heavy atom. The lowest BCUT2D eigenvalue weighted by molar-refractivity contribution is -0.139. The van der Waals surface area contributed by atoms with Gasteiger partial charge in [0.1, 0.15) is 16.4 Å². The molecule has 1 aromatic carbocycles. The van der Waals surface area contributed by atoms with Crippen LogP contribution < -0.4 is 4.74 Å². The zero-order valence-electron chi connectivity index (χ0n) is 13.6. The van der Waals surface area contributed by atoms with Crippen LogP contribution >= 0.6 is 23.2 Å². The number of aliphatic hydroxyl groups is 1. The van der Waals surface area contributed by atoms with Crippen LogP contribution in [0.15, 0.2) is 11.2 Å². The molecule has 0 aliphatic heterocycles. The zero-order valence-corrected chi connectivity index (χ0v) is 15.1. The van der Waals surface area contributed by atoms with Crippen molar-refractivity contribution in [2.45, 2.75) is 44.1 Å². The van der Waals surface area contributed by atoms with Crippen LogP contribution in [0, 0.1) is 5.92 Å². The van der Waals surface area contributed by atoms with Gasteiger partial charge < -0.3 is 20.2 Å². The van der Waals surface area contributed by atoms with Gasteiger partial charge in [0, 0.05) is 5.92 Å². The number of carboxylic acid groups (broad SMARTS) is 1. The van der Waals surface area contributed by atoms with E-state index in [1.54, 1.807) is 6.07 Å². The van der Waals surface area contributed by atoms with Gasteiger partial charge in [-0.05, 0) is 48.8 Å². The van der Waals surface area contributed by atoms with Crippen LogP contribution in [-0.2, 0) is 11.2 Å². The molecular formula is C17H19Cl2NO5. The van der Waals surface area contributed by atoms with Crippen LogP contribution in [0.1, 0.15) is 43.2 Å². The molecule has 0 amide bonds. The van der Waals surface area contributed by atoms with E-state index in [9.17, 15) is 15.1 Å². The van der Waals surface area contributed by atoms with Crippen molar-refractivity contribution in [3.63, 3.8) is 0 Å². The number of carboxylic acids is 1. The normalized spacial score (nSPS) is 29.8. The third-order valence-corrected chi connectivity index (χ3v) is 6.04. The Morgan fingerprint density at radius 3 is 2.80 bits per heavy atom. The van der Waals surface area contributed by atoms with Gasteiger partial charge in [0.2, 0.25) is 0 Å². The molecule has 0 radical (unpaired) electrons. The van der Waals surface area contributed by atoms with E-state index in [0.717, 1.165) is 17.5 Å². The first kappa shape index (κ1) is 18.3. The molecule has 1 saturated carbocycles. The molecular weight excluding hydrogens is 369 g/mol. The lowest BCUT2D eigenvalue weighted by Gasteiger charge is -2.34. The second-order valence-corrected chi connectivity index (χ2v) is 7.50. The Kier molecular flexibility index (Phi) is 4.88. The minimum Gasteiger partial charge on any atom is -0.480 e. The summed E-state index contributed by atoms with van der Waals surface area (Å²) in [6.07, 6.45) is 2.41. The van der Waals surface area contributed by atoms with Gasteiger partial charge in [-0.3, -0.25) is 0 Å². The quantitative estimate of drug-likeness (QED) is 0.542. The summed E-state index contributed by atoms with van der Waals surface area (Å²) in [5.74, 6) is -1.18. The minimum absolute atomic E-state index is 0.0538. The maximum Gasteiger partial charge on any atom is 0.341 e. The molecule has 6 nitrogen and oxygen atoms in total. The number of aliphatic carboxylic acids is 1. The monoisotopic (exact) mass is 387 g/mol. The maximum absolute atomic E-state index is 11.2. The average molecular weight is 388 g/mol. The molecule has 3 rings (SSSR count). The van der Waals surface area contributed by atoms with E-state index < -0.39 is 18.2 Å². The van der Waals surface area contributed by atoms with Gasteiger partial charge in [0.05, 0.1) is 10.7 Å². The smallest absolute Gasteiger partial charge is 0.341 e. The lowest BCUT2D eigenvalue weighted by atomic mass is 9.76. The van der Waals surface area contributed by atoms with Crippen molar-refractivity contribution in [1.29, 1.82) is 0 Å². The second kappa shape index (κ2) is 6.67.